The first-order valence-corrected chi connectivity index (χ1v) is 9.05. The zero-order chi connectivity index (χ0) is 18.7. The highest BCUT2D eigenvalue weighted by atomic mass is 35.5. The number of aliphatic carboxylic acids is 1. The zero-order valence-corrected chi connectivity index (χ0v) is 15.3. The first-order chi connectivity index (χ1) is 12.4. The van der Waals surface area contributed by atoms with Gasteiger partial charge in [-0.1, -0.05) is 36.6 Å². The molecule has 6 heteroatoms. The lowest BCUT2D eigenvalue weighted by atomic mass is 9.73. The van der Waals surface area contributed by atoms with E-state index in [1.807, 2.05) is 24.3 Å². The van der Waals surface area contributed by atoms with E-state index >= 15 is 0 Å². The topological polar surface area (TPSA) is 79.3 Å². The first kappa shape index (κ1) is 18.4. The number of hydrogen-bond donors (Lipinski definition) is 2. The fraction of sp³-hybridized carbons (Fsp3) is 0.350. The van der Waals surface area contributed by atoms with E-state index in [2.05, 4.69) is 10.3 Å². The van der Waals surface area contributed by atoms with Crippen molar-refractivity contribution < 1.29 is 14.7 Å². The first-order valence-electron chi connectivity index (χ1n) is 8.67. The normalized spacial score (nSPS) is 22.6. The predicted octanol–water partition coefficient (Wildman–Crippen LogP) is 4.17. The number of nitrogens with zero attached hydrogens (tertiary/aromatic N) is 1. The summed E-state index contributed by atoms with van der Waals surface area (Å²) in [5, 5.41) is 12.8. The number of carbonyl (C=O) groups excluding carboxylic acids is 1. The molecule has 1 saturated carbocycles. The Balaban J connectivity index is 1.89. The number of rotatable bonds is 4. The van der Waals surface area contributed by atoms with Crippen molar-refractivity contribution in [3.8, 4) is 11.3 Å². The molecule has 136 valence electrons. The van der Waals surface area contributed by atoms with Crippen LogP contribution in [0.2, 0.25) is 5.02 Å². The Morgan fingerprint density at radius 1 is 1.27 bits per heavy atom. The minimum absolute atomic E-state index is 0.325. The molecule has 5 nitrogen and oxygen atoms in total. The molecular weight excluding hydrogens is 352 g/mol. The number of hydrogen-bond acceptors (Lipinski definition) is 3. The quantitative estimate of drug-likeness (QED) is 0.844. The zero-order valence-electron chi connectivity index (χ0n) is 14.5. The standard InChI is InChI=1S/C20H21ClN2O3/c1-20(10-4-2-6-15(20)19(25)26)23-18(24)14-12-13(8-9-16(14)21)17-7-3-5-11-22-17/h3,5,7-9,11-12,15H,2,4,6,10H2,1H3,(H,23,24)(H,25,26). The number of carboxylic acids is 1. The molecule has 3 rings (SSSR count). The second-order valence-electron chi connectivity index (χ2n) is 6.92. The van der Waals surface area contributed by atoms with Crippen molar-refractivity contribution in [1.82, 2.24) is 10.3 Å². The lowest BCUT2D eigenvalue weighted by molar-refractivity contribution is -0.145. The van der Waals surface area contributed by atoms with Crippen molar-refractivity contribution in [2.45, 2.75) is 38.1 Å². The molecule has 1 aromatic heterocycles. The Morgan fingerprint density at radius 3 is 2.77 bits per heavy atom. The van der Waals surface area contributed by atoms with Gasteiger partial charge in [-0.15, -0.1) is 0 Å². The summed E-state index contributed by atoms with van der Waals surface area (Å²) in [4.78, 5) is 28.8. The summed E-state index contributed by atoms with van der Waals surface area (Å²) in [6.45, 7) is 1.80. The van der Waals surface area contributed by atoms with Gasteiger partial charge in [0.15, 0.2) is 0 Å². The molecule has 0 aliphatic heterocycles. The highest BCUT2D eigenvalue weighted by molar-refractivity contribution is 6.34. The summed E-state index contributed by atoms with van der Waals surface area (Å²) in [5.41, 5.74) is 1.06. The Labute approximate surface area is 157 Å². The average Bonchev–Trinajstić information content (AvgIpc) is 2.62. The number of benzene rings is 1. The van der Waals surface area contributed by atoms with Crippen molar-refractivity contribution >= 4 is 23.5 Å². The van der Waals surface area contributed by atoms with E-state index < -0.39 is 17.4 Å². The minimum Gasteiger partial charge on any atom is -0.481 e. The van der Waals surface area contributed by atoms with E-state index in [1.54, 1.807) is 25.3 Å². The highest BCUT2D eigenvalue weighted by Crippen LogP contribution is 2.34. The molecule has 1 amide bonds. The van der Waals surface area contributed by atoms with Crippen LogP contribution >= 0.6 is 11.6 Å². The predicted molar refractivity (Wildman–Crippen MR) is 100 cm³/mol. The summed E-state index contributed by atoms with van der Waals surface area (Å²) in [7, 11) is 0. The smallest absolute Gasteiger partial charge is 0.308 e. The number of aromatic nitrogens is 1. The molecule has 1 aliphatic carbocycles. The van der Waals surface area contributed by atoms with Crippen LogP contribution in [0.1, 0.15) is 43.0 Å². The molecule has 26 heavy (non-hydrogen) atoms. The van der Waals surface area contributed by atoms with Crippen molar-refractivity contribution in [3.63, 3.8) is 0 Å². The Bertz CT molecular complexity index is 825. The van der Waals surface area contributed by atoms with Gasteiger partial charge in [0.05, 0.1) is 27.7 Å². The fourth-order valence-corrected chi connectivity index (χ4v) is 3.80. The Kier molecular flexibility index (Phi) is 5.28. The molecule has 2 aromatic rings. The molecule has 1 heterocycles. The van der Waals surface area contributed by atoms with E-state index in [-0.39, 0.29) is 5.91 Å². The summed E-state index contributed by atoms with van der Waals surface area (Å²) < 4.78 is 0. The van der Waals surface area contributed by atoms with Gasteiger partial charge in [0.1, 0.15) is 0 Å². The molecule has 0 spiro atoms. The summed E-state index contributed by atoms with van der Waals surface area (Å²) in [6, 6.07) is 10.7. The third-order valence-corrected chi connectivity index (χ3v) is 5.41. The molecule has 1 aromatic carbocycles. The van der Waals surface area contributed by atoms with E-state index in [9.17, 15) is 14.7 Å². The summed E-state index contributed by atoms with van der Waals surface area (Å²) >= 11 is 6.24. The molecule has 0 bridgehead atoms. The van der Waals surface area contributed by atoms with Gasteiger partial charge in [-0.2, -0.15) is 0 Å². The molecule has 2 N–H and O–H groups in total. The largest absolute Gasteiger partial charge is 0.481 e. The van der Waals surface area contributed by atoms with Crippen molar-refractivity contribution in [1.29, 1.82) is 0 Å². The number of halogens is 1. The average molecular weight is 373 g/mol. The minimum atomic E-state index is -0.874. The maximum absolute atomic E-state index is 12.9. The van der Waals surface area contributed by atoms with E-state index in [1.165, 1.54) is 0 Å². The molecule has 1 fully saturated rings. The maximum atomic E-state index is 12.9. The highest BCUT2D eigenvalue weighted by Gasteiger charge is 2.42. The van der Waals surface area contributed by atoms with E-state index in [4.69, 9.17) is 11.6 Å². The molecule has 0 saturated heterocycles. The second-order valence-corrected chi connectivity index (χ2v) is 7.33. The summed E-state index contributed by atoms with van der Waals surface area (Å²) in [6.07, 6.45) is 4.63. The van der Waals surface area contributed by atoms with Crippen LogP contribution in [0.5, 0.6) is 0 Å². The van der Waals surface area contributed by atoms with Gasteiger partial charge >= 0.3 is 5.97 Å². The van der Waals surface area contributed by atoms with Crippen molar-refractivity contribution in [3.05, 3.63) is 53.2 Å². The maximum Gasteiger partial charge on any atom is 0.308 e. The third-order valence-electron chi connectivity index (χ3n) is 5.08. The number of carboxylic acid groups (broad SMARTS) is 1. The molecular formula is C20H21ClN2O3. The van der Waals surface area contributed by atoms with Crippen LogP contribution in [-0.2, 0) is 4.79 Å². The fourth-order valence-electron chi connectivity index (χ4n) is 3.60. The monoisotopic (exact) mass is 372 g/mol. The SMILES string of the molecule is CC1(NC(=O)c2cc(-c3ccccn3)ccc2Cl)CCCCC1C(=O)O. The van der Waals surface area contributed by atoms with Crippen LogP contribution in [0.25, 0.3) is 11.3 Å². The second kappa shape index (κ2) is 7.46. The van der Waals surface area contributed by atoms with E-state index in [0.717, 1.165) is 24.1 Å². The van der Waals surface area contributed by atoms with Gasteiger partial charge in [-0.25, -0.2) is 0 Å². The third kappa shape index (κ3) is 3.73. The van der Waals surface area contributed by atoms with Crippen LogP contribution in [0.3, 0.4) is 0 Å². The van der Waals surface area contributed by atoms with Gasteiger partial charge in [0.2, 0.25) is 0 Å². The van der Waals surface area contributed by atoms with Gasteiger partial charge in [-0.3, -0.25) is 14.6 Å². The van der Waals surface area contributed by atoms with E-state index in [0.29, 0.717) is 23.4 Å². The molecule has 2 atom stereocenters. The van der Waals surface area contributed by atoms with Crippen LogP contribution < -0.4 is 5.32 Å². The van der Waals surface area contributed by atoms with Gasteiger partial charge in [0.25, 0.3) is 5.91 Å². The van der Waals surface area contributed by atoms with Crippen LogP contribution in [0.4, 0.5) is 0 Å². The lowest BCUT2D eigenvalue weighted by Gasteiger charge is -2.39. The van der Waals surface area contributed by atoms with Gasteiger partial charge in [-0.05, 0) is 44.0 Å². The van der Waals surface area contributed by atoms with Crippen molar-refractivity contribution in [2.24, 2.45) is 5.92 Å². The van der Waals surface area contributed by atoms with Crippen LogP contribution in [-0.4, -0.2) is 27.5 Å². The Morgan fingerprint density at radius 2 is 2.08 bits per heavy atom. The molecule has 2 unspecified atom stereocenters. The number of amides is 1. The molecule has 0 radical (unpaired) electrons. The summed E-state index contributed by atoms with van der Waals surface area (Å²) in [5.74, 6) is -1.83. The van der Waals surface area contributed by atoms with Crippen LogP contribution in [0, 0.1) is 5.92 Å². The number of nitrogens with one attached hydrogen (secondary N) is 1. The number of carbonyl (C=O) groups is 2. The van der Waals surface area contributed by atoms with Crippen molar-refractivity contribution in [2.75, 3.05) is 0 Å². The Hall–Kier alpha value is -2.40. The van der Waals surface area contributed by atoms with Gasteiger partial charge < -0.3 is 10.4 Å². The van der Waals surface area contributed by atoms with Gasteiger partial charge in [0, 0.05) is 11.8 Å². The van der Waals surface area contributed by atoms with Crippen LogP contribution in [0.15, 0.2) is 42.6 Å². The number of pyridine rings is 1. The molecule has 1 aliphatic rings. The lowest BCUT2D eigenvalue weighted by Crippen LogP contribution is -2.55.